The van der Waals surface area contributed by atoms with Gasteiger partial charge in [-0.2, -0.15) is 0 Å². The molecule has 1 heterocycles. The van der Waals surface area contributed by atoms with Gasteiger partial charge < -0.3 is 14.6 Å². The second-order valence-corrected chi connectivity index (χ2v) is 8.24. The molecule has 5 nitrogen and oxygen atoms in total. The number of ketones is 1. The Morgan fingerprint density at radius 1 is 1.10 bits per heavy atom. The first-order valence-corrected chi connectivity index (χ1v) is 11.7. The summed E-state index contributed by atoms with van der Waals surface area (Å²) in [5, 5.41) is 8.64. The highest BCUT2D eigenvalue weighted by molar-refractivity contribution is 5.95. The predicted molar refractivity (Wildman–Crippen MR) is 118 cm³/mol. The highest BCUT2D eigenvalue weighted by atomic mass is 16.7. The summed E-state index contributed by atoms with van der Waals surface area (Å²) >= 11 is 0. The molecule has 2 rings (SSSR count). The number of carbonyl (C=O) groups is 2. The summed E-state index contributed by atoms with van der Waals surface area (Å²) in [7, 11) is 0. The highest BCUT2D eigenvalue weighted by Gasteiger charge is 2.26. The molecule has 3 unspecified atom stereocenters. The Labute approximate surface area is 181 Å². The van der Waals surface area contributed by atoms with Crippen LogP contribution in [0.2, 0.25) is 0 Å². The highest BCUT2D eigenvalue weighted by Crippen LogP contribution is 2.27. The number of unbranched alkanes of at least 4 members (excludes halogenated alkanes) is 5. The largest absolute Gasteiger partial charge is 0.481 e. The van der Waals surface area contributed by atoms with Crippen LogP contribution in [-0.4, -0.2) is 36.4 Å². The summed E-state index contributed by atoms with van der Waals surface area (Å²) in [6, 6.07) is 0. The summed E-state index contributed by atoms with van der Waals surface area (Å²) in [5.41, 5.74) is 0. The molecule has 1 aliphatic carbocycles. The van der Waals surface area contributed by atoms with Gasteiger partial charge in [0.1, 0.15) is 0 Å². The summed E-state index contributed by atoms with van der Waals surface area (Å²) in [6.07, 6.45) is 23.5. The van der Waals surface area contributed by atoms with Crippen molar-refractivity contribution in [2.45, 2.75) is 83.3 Å². The van der Waals surface area contributed by atoms with Crippen molar-refractivity contribution in [3.05, 3.63) is 36.5 Å². The zero-order valence-corrected chi connectivity index (χ0v) is 18.2. The van der Waals surface area contributed by atoms with Crippen LogP contribution in [0.25, 0.3) is 0 Å². The van der Waals surface area contributed by atoms with Gasteiger partial charge in [0.2, 0.25) is 0 Å². The van der Waals surface area contributed by atoms with Gasteiger partial charge in [0.25, 0.3) is 0 Å². The number of allylic oxidation sites excluding steroid dienone is 6. The molecule has 0 aromatic rings. The zero-order chi connectivity index (χ0) is 21.4. The van der Waals surface area contributed by atoms with Crippen LogP contribution in [0.4, 0.5) is 0 Å². The average molecular weight is 419 g/mol. The molecule has 0 spiro atoms. The Kier molecular flexibility index (Phi) is 12.4. The normalized spacial score (nSPS) is 24.4. The third-order valence-corrected chi connectivity index (χ3v) is 5.70. The standard InChI is InChI=1S/C25H38O5/c26-23-18-17-21(22(23)14-8-4-5-9-15-24(27)28)13-7-3-1-2-6-11-19-29-25-16-10-12-20-30-25/h4,7-8,13,17-18,21-22,25H,1-3,5-6,9-12,14-16,19-20H2,(H,27,28). The second-order valence-electron chi connectivity index (χ2n) is 8.24. The number of carboxylic acid groups (broad SMARTS) is 1. The molecule has 168 valence electrons. The molecule has 1 saturated heterocycles. The van der Waals surface area contributed by atoms with E-state index in [2.05, 4.69) is 12.2 Å². The number of hydrogen-bond donors (Lipinski definition) is 1. The molecule has 30 heavy (non-hydrogen) atoms. The van der Waals surface area contributed by atoms with Gasteiger partial charge in [-0.1, -0.05) is 43.2 Å². The summed E-state index contributed by atoms with van der Waals surface area (Å²) in [5.74, 6) is -0.380. The fraction of sp³-hybridized carbons (Fsp3) is 0.680. The lowest BCUT2D eigenvalue weighted by Crippen LogP contribution is -2.22. The van der Waals surface area contributed by atoms with E-state index < -0.39 is 5.97 Å². The Morgan fingerprint density at radius 2 is 1.93 bits per heavy atom. The summed E-state index contributed by atoms with van der Waals surface area (Å²) in [6.45, 7) is 1.63. The Balaban J connectivity index is 1.51. The van der Waals surface area contributed by atoms with Gasteiger partial charge in [0, 0.05) is 31.5 Å². The van der Waals surface area contributed by atoms with Crippen LogP contribution in [-0.2, 0) is 19.1 Å². The lowest BCUT2D eigenvalue weighted by molar-refractivity contribution is -0.162. The molecule has 0 aromatic heterocycles. The first-order valence-electron chi connectivity index (χ1n) is 11.7. The third kappa shape index (κ3) is 10.4. The molecule has 2 aliphatic rings. The van der Waals surface area contributed by atoms with Crippen molar-refractivity contribution in [3.8, 4) is 0 Å². The number of carboxylic acids is 1. The molecular weight excluding hydrogens is 380 g/mol. The molecule has 3 atom stereocenters. The zero-order valence-electron chi connectivity index (χ0n) is 18.2. The molecule has 0 aromatic carbocycles. The van der Waals surface area contributed by atoms with E-state index in [4.69, 9.17) is 14.6 Å². The molecule has 1 fully saturated rings. The number of aliphatic carboxylic acids is 1. The minimum Gasteiger partial charge on any atom is -0.481 e. The van der Waals surface area contributed by atoms with E-state index in [1.807, 2.05) is 18.2 Å². The number of rotatable bonds is 15. The van der Waals surface area contributed by atoms with E-state index in [1.54, 1.807) is 6.08 Å². The molecule has 0 saturated carbocycles. The SMILES string of the molecule is O=C(O)CCCC=CCC1C(=O)C=CC1C=CCCCCCCOC1CCCCO1. The van der Waals surface area contributed by atoms with Gasteiger partial charge >= 0.3 is 5.97 Å². The van der Waals surface area contributed by atoms with Crippen molar-refractivity contribution >= 4 is 11.8 Å². The number of carbonyl (C=O) groups excluding carboxylic acids is 1. The fourth-order valence-corrected chi connectivity index (χ4v) is 3.89. The van der Waals surface area contributed by atoms with Crippen molar-refractivity contribution < 1.29 is 24.2 Å². The number of hydrogen-bond acceptors (Lipinski definition) is 4. The van der Waals surface area contributed by atoms with Crippen LogP contribution >= 0.6 is 0 Å². The summed E-state index contributed by atoms with van der Waals surface area (Å²) < 4.78 is 11.3. The van der Waals surface area contributed by atoms with Crippen molar-refractivity contribution in [2.24, 2.45) is 11.8 Å². The van der Waals surface area contributed by atoms with Crippen LogP contribution in [0.3, 0.4) is 0 Å². The van der Waals surface area contributed by atoms with E-state index in [0.29, 0.717) is 6.42 Å². The molecular formula is C25H38O5. The molecule has 5 heteroatoms. The third-order valence-electron chi connectivity index (χ3n) is 5.70. The molecule has 0 bridgehead atoms. The monoisotopic (exact) mass is 418 g/mol. The van der Waals surface area contributed by atoms with Crippen LogP contribution in [0.1, 0.15) is 77.0 Å². The smallest absolute Gasteiger partial charge is 0.303 e. The second kappa shape index (κ2) is 15.1. The molecule has 0 amide bonds. The maximum absolute atomic E-state index is 12.1. The van der Waals surface area contributed by atoms with E-state index in [1.165, 1.54) is 19.3 Å². The average Bonchev–Trinajstić information content (AvgIpc) is 3.09. The lowest BCUT2D eigenvalue weighted by atomic mass is 9.90. The van der Waals surface area contributed by atoms with Gasteiger partial charge in [-0.05, 0) is 63.9 Å². The first kappa shape index (κ1) is 24.5. The fourth-order valence-electron chi connectivity index (χ4n) is 3.89. The molecule has 1 aliphatic heterocycles. The van der Waals surface area contributed by atoms with Gasteiger partial charge in [0.15, 0.2) is 12.1 Å². The lowest BCUT2D eigenvalue weighted by Gasteiger charge is -2.22. The Hall–Kier alpha value is -1.72. The van der Waals surface area contributed by atoms with Gasteiger partial charge in [-0.15, -0.1) is 0 Å². The van der Waals surface area contributed by atoms with Crippen molar-refractivity contribution in [1.82, 2.24) is 0 Å². The minimum atomic E-state index is -0.758. The van der Waals surface area contributed by atoms with Crippen molar-refractivity contribution in [2.75, 3.05) is 13.2 Å². The van der Waals surface area contributed by atoms with Crippen LogP contribution in [0.5, 0.6) is 0 Å². The van der Waals surface area contributed by atoms with Crippen molar-refractivity contribution in [1.29, 1.82) is 0 Å². The van der Waals surface area contributed by atoms with Gasteiger partial charge in [-0.25, -0.2) is 0 Å². The minimum absolute atomic E-state index is 0.00358. The molecule has 0 radical (unpaired) electrons. The van der Waals surface area contributed by atoms with Crippen LogP contribution in [0, 0.1) is 11.8 Å². The Morgan fingerprint density at radius 3 is 2.73 bits per heavy atom. The predicted octanol–water partition coefficient (Wildman–Crippen LogP) is 5.61. The number of ether oxygens (including phenoxy) is 2. The maximum Gasteiger partial charge on any atom is 0.303 e. The van der Waals surface area contributed by atoms with Crippen LogP contribution < -0.4 is 0 Å². The molecule has 1 N–H and O–H groups in total. The van der Waals surface area contributed by atoms with E-state index in [9.17, 15) is 9.59 Å². The van der Waals surface area contributed by atoms with E-state index >= 15 is 0 Å². The van der Waals surface area contributed by atoms with E-state index in [-0.39, 0.29) is 30.3 Å². The van der Waals surface area contributed by atoms with E-state index in [0.717, 1.165) is 58.2 Å². The topological polar surface area (TPSA) is 72.8 Å². The van der Waals surface area contributed by atoms with Crippen molar-refractivity contribution in [3.63, 3.8) is 0 Å². The quantitative estimate of drug-likeness (QED) is 0.276. The maximum atomic E-state index is 12.1. The van der Waals surface area contributed by atoms with Crippen LogP contribution in [0.15, 0.2) is 36.5 Å². The van der Waals surface area contributed by atoms with Gasteiger partial charge in [-0.3, -0.25) is 9.59 Å². The summed E-state index contributed by atoms with van der Waals surface area (Å²) in [4.78, 5) is 22.6. The Bertz CT molecular complexity index is 586. The van der Waals surface area contributed by atoms with Gasteiger partial charge in [0.05, 0.1) is 0 Å². The first-order chi connectivity index (χ1) is 14.7.